The topological polar surface area (TPSA) is 110 Å². The average molecular weight is 579 g/mol. The van der Waals surface area contributed by atoms with Crippen LogP contribution in [0.15, 0.2) is 24.3 Å². The number of fused-ring (bicyclic) bond motifs is 2. The van der Waals surface area contributed by atoms with Gasteiger partial charge in [-0.25, -0.2) is 19.2 Å². The number of anilines is 2. The molecule has 5 heterocycles. The SMILES string of the molecule is CC(C)N(C)c1cc2c(c(CN(C)C(=O)OC(C)(C)C)n1)CN(c1cccc(-c3nnc4n3[C@@H](CF)C[C@H]4C)n1)C2=O. The number of rotatable bonds is 7. The van der Waals surface area contributed by atoms with Crippen LogP contribution in [0.5, 0.6) is 0 Å². The number of hydrogen-bond acceptors (Lipinski definition) is 8. The largest absolute Gasteiger partial charge is 0.444 e. The molecule has 2 atom stereocenters. The summed E-state index contributed by atoms with van der Waals surface area (Å²) in [6.45, 7) is 11.4. The zero-order valence-electron chi connectivity index (χ0n) is 25.6. The molecule has 0 unspecified atom stereocenters. The lowest BCUT2D eigenvalue weighted by Gasteiger charge is -2.26. The fraction of sp³-hybridized carbons (Fsp3) is 0.533. The Balaban J connectivity index is 1.50. The quantitative estimate of drug-likeness (QED) is 0.380. The molecule has 0 saturated heterocycles. The van der Waals surface area contributed by atoms with E-state index in [1.54, 1.807) is 30.1 Å². The highest BCUT2D eigenvalue weighted by atomic mass is 19.1. The zero-order chi connectivity index (χ0) is 30.5. The molecule has 0 aliphatic carbocycles. The van der Waals surface area contributed by atoms with Crippen LogP contribution in [-0.4, -0.2) is 74.0 Å². The first-order valence-corrected chi connectivity index (χ1v) is 14.3. The molecule has 3 aromatic rings. The summed E-state index contributed by atoms with van der Waals surface area (Å²) in [6.07, 6.45) is 0.187. The maximum atomic E-state index is 13.9. The first-order valence-electron chi connectivity index (χ1n) is 14.3. The van der Waals surface area contributed by atoms with Gasteiger partial charge in [-0.2, -0.15) is 0 Å². The van der Waals surface area contributed by atoms with Crippen molar-refractivity contribution in [2.24, 2.45) is 0 Å². The van der Waals surface area contributed by atoms with Gasteiger partial charge in [0.2, 0.25) is 0 Å². The van der Waals surface area contributed by atoms with Gasteiger partial charge in [0.15, 0.2) is 5.82 Å². The van der Waals surface area contributed by atoms with E-state index in [0.29, 0.717) is 40.8 Å². The van der Waals surface area contributed by atoms with E-state index in [0.717, 1.165) is 11.4 Å². The first kappa shape index (κ1) is 29.4. The summed E-state index contributed by atoms with van der Waals surface area (Å²) in [7, 11) is 3.58. The molecule has 11 nitrogen and oxygen atoms in total. The lowest BCUT2D eigenvalue weighted by molar-refractivity contribution is 0.0282. The molecular weight excluding hydrogens is 539 g/mol. The van der Waals surface area contributed by atoms with Gasteiger partial charge in [-0.05, 0) is 59.2 Å². The predicted molar refractivity (Wildman–Crippen MR) is 157 cm³/mol. The van der Waals surface area contributed by atoms with Crippen LogP contribution >= 0.6 is 0 Å². The number of amides is 2. The van der Waals surface area contributed by atoms with E-state index < -0.39 is 18.4 Å². The van der Waals surface area contributed by atoms with Gasteiger partial charge < -0.3 is 19.1 Å². The number of pyridine rings is 2. The van der Waals surface area contributed by atoms with Crippen LogP contribution in [0.4, 0.5) is 20.8 Å². The second-order valence-corrected chi connectivity index (χ2v) is 12.5. The van der Waals surface area contributed by atoms with Crippen LogP contribution in [0.2, 0.25) is 0 Å². The second kappa shape index (κ2) is 11.0. The van der Waals surface area contributed by atoms with Gasteiger partial charge in [-0.15, -0.1) is 10.2 Å². The van der Waals surface area contributed by atoms with Gasteiger partial charge in [0.1, 0.15) is 35.4 Å². The fourth-order valence-electron chi connectivity index (χ4n) is 5.37. The molecule has 5 rings (SSSR count). The van der Waals surface area contributed by atoms with Gasteiger partial charge in [0.05, 0.1) is 30.4 Å². The lowest BCUT2D eigenvalue weighted by atomic mass is 10.1. The summed E-state index contributed by atoms with van der Waals surface area (Å²) in [5.41, 5.74) is 1.74. The Morgan fingerprint density at radius 2 is 1.93 bits per heavy atom. The van der Waals surface area contributed by atoms with Crippen LogP contribution in [0.3, 0.4) is 0 Å². The first-order chi connectivity index (χ1) is 19.8. The average Bonchev–Trinajstić information content (AvgIpc) is 3.61. The maximum Gasteiger partial charge on any atom is 0.410 e. The van der Waals surface area contributed by atoms with Crippen LogP contribution in [0.1, 0.15) is 87.4 Å². The molecule has 0 fully saturated rings. The third-order valence-electron chi connectivity index (χ3n) is 7.79. The normalized spacial score (nSPS) is 18.0. The molecule has 0 radical (unpaired) electrons. The number of alkyl halides is 1. The van der Waals surface area contributed by atoms with Crippen LogP contribution in [0.25, 0.3) is 11.5 Å². The van der Waals surface area contributed by atoms with E-state index in [4.69, 9.17) is 14.7 Å². The predicted octanol–water partition coefficient (Wildman–Crippen LogP) is 5.12. The molecule has 2 aliphatic heterocycles. The Morgan fingerprint density at radius 3 is 2.60 bits per heavy atom. The molecular formula is C30H39FN8O3. The van der Waals surface area contributed by atoms with Crippen molar-refractivity contribution >= 4 is 23.6 Å². The number of nitrogens with zero attached hydrogens (tertiary/aromatic N) is 8. The molecule has 42 heavy (non-hydrogen) atoms. The molecule has 0 bridgehead atoms. The van der Waals surface area contributed by atoms with E-state index in [1.165, 1.54) is 4.90 Å². The summed E-state index contributed by atoms with van der Waals surface area (Å²) in [4.78, 5) is 41.4. The van der Waals surface area contributed by atoms with Crippen molar-refractivity contribution in [3.05, 3.63) is 46.9 Å². The lowest BCUT2D eigenvalue weighted by Crippen LogP contribution is -2.34. The molecule has 224 valence electrons. The van der Waals surface area contributed by atoms with Gasteiger partial charge in [-0.3, -0.25) is 9.69 Å². The standard InChI is InChI=1S/C30H39FN8O3/c1-17(2)37(8)25-13-20-21(23(33-25)16-36(7)29(41)42-30(4,5)6)15-38(28(20)40)24-11-9-10-22(32-24)27-35-34-26-18(3)12-19(14-31)39(26)27/h9-11,13,17-19H,12,14-16H2,1-8H3/t18-,19-/m1/s1. The Kier molecular flexibility index (Phi) is 7.67. The maximum absolute atomic E-state index is 13.9. The Morgan fingerprint density at radius 1 is 1.19 bits per heavy atom. The summed E-state index contributed by atoms with van der Waals surface area (Å²) < 4.78 is 21.2. The van der Waals surface area contributed by atoms with Crippen molar-refractivity contribution in [3.63, 3.8) is 0 Å². The third kappa shape index (κ3) is 5.41. The van der Waals surface area contributed by atoms with Crippen LogP contribution in [0, 0.1) is 0 Å². The number of ether oxygens (including phenoxy) is 1. The van der Waals surface area contributed by atoms with Gasteiger partial charge in [0, 0.05) is 31.6 Å². The highest BCUT2D eigenvalue weighted by molar-refractivity contribution is 6.10. The van der Waals surface area contributed by atoms with E-state index >= 15 is 0 Å². The third-order valence-corrected chi connectivity index (χ3v) is 7.79. The highest BCUT2D eigenvalue weighted by Crippen LogP contribution is 2.39. The monoisotopic (exact) mass is 578 g/mol. The molecule has 0 N–H and O–H groups in total. The van der Waals surface area contributed by atoms with Crippen LogP contribution in [-0.2, 0) is 17.8 Å². The van der Waals surface area contributed by atoms with E-state index in [-0.39, 0.29) is 37.0 Å². The van der Waals surface area contributed by atoms with Crippen molar-refractivity contribution in [3.8, 4) is 11.5 Å². The molecule has 12 heteroatoms. The smallest absolute Gasteiger partial charge is 0.410 e. The molecule has 2 amide bonds. The minimum absolute atomic E-state index is 0.104. The highest BCUT2D eigenvalue weighted by Gasteiger charge is 2.36. The van der Waals surface area contributed by atoms with Gasteiger partial charge in [0.25, 0.3) is 5.91 Å². The molecule has 2 aliphatic rings. The van der Waals surface area contributed by atoms with Gasteiger partial charge >= 0.3 is 6.09 Å². The Hall–Kier alpha value is -4.09. The van der Waals surface area contributed by atoms with Crippen molar-refractivity contribution in [1.29, 1.82) is 0 Å². The number of carbonyl (C=O) groups is 2. The number of halogens is 1. The number of aromatic nitrogens is 5. The molecule has 0 saturated carbocycles. The van der Waals surface area contributed by atoms with Crippen molar-refractivity contribution < 1.29 is 18.7 Å². The second-order valence-electron chi connectivity index (χ2n) is 12.5. The summed E-state index contributed by atoms with van der Waals surface area (Å²) in [5, 5.41) is 8.65. The molecule has 3 aromatic heterocycles. The summed E-state index contributed by atoms with van der Waals surface area (Å²) in [5.74, 6) is 2.21. The minimum Gasteiger partial charge on any atom is -0.444 e. The summed E-state index contributed by atoms with van der Waals surface area (Å²) >= 11 is 0. The fourth-order valence-corrected chi connectivity index (χ4v) is 5.37. The summed E-state index contributed by atoms with van der Waals surface area (Å²) in [6, 6.07) is 6.98. The van der Waals surface area contributed by atoms with Crippen LogP contribution < -0.4 is 9.80 Å². The molecule has 0 aromatic carbocycles. The van der Waals surface area contributed by atoms with E-state index in [1.807, 2.05) is 64.1 Å². The minimum atomic E-state index is -0.642. The van der Waals surface area contributed by atoms with Crippen molar-refractivity contribution in [1.82, 2.24) is 29.6 Å². The number of hydrogen-bond donors (Lipinski definition) is 0. The van der Waals surface area contributed by atoms with E-state index in [2.05, 4.69) is 10.2 Å². The zero-order valence-corrected chi connectivity index (χ0v) is 25.6. The Labute approximate surface area is 245 Å². The van der Waals surface area contributed by atoms with E-state index in [9.17, 15) is 14.0 Å². The van der Waals surface area contributed by atoms with Crippen molar-refractivity contribution in [2.45, 2.75) is 84.7 Å². The number of carbonyl (C=O) groups excluding carboxylic acids is 2. The Bertz CT molecular complexity index is 1510. The van der Waals surface area contributed by atoms with Gasteiger partial charge in [-0.1, -0.05) is 13.0 Å². The molecule has 0 spiro atoms. The van der Waals surface area contributed by atoms with Crippen molar-refractivity contribution in [2.75, 3.05) is 30.6 Å².